The fraction of sp³-hybridized carbons (Fsp3) is 0.609. The first kappa shape index (κ1) is 26.0. The molecule has 1 aliphatic heterocycles. The Kier molecular flexibility index (Phi) is 11.4. The van der Waals surface area contributed by atoms with E-state index in [0.717, 1.165) is 12.2 Å². The highest BCUT2D eigenvalue weighted by Gasteiger charge is 2.31. The molecule has 1 heterocycles. The molecule has 0 bridgehead atoms. The van der Waals surface area contributed by atoms with Gasteiger partial charge in [-0.3, -0.25) is 14.4 Å². The van der Waals surface area contributed by atoms with Crippen LogP contribution in [0, 0.1) is 5.92 Å². The van der Waals surface area contributed by atoms with Gasteiger partial charge in [-0.2, -0.15) is 11.8 Å². The highest BCUT2D eigenvalue weighted by molar-refractivity contribution is 7.98. The SMILES string of the molecule is COCCCNC(=O)C1CCN(C(=O)C(CCSC)NC(=O)c2ccccc2OC)CC1. The number of rotatable bonds is 12. The van der Waals surface area contributed by atoms with Crippen molar-refractivity contribution in [3.05, 3.63) is 29.8 Å². The van der Waals surface area contributed by atoms with Crippen LogP contribution in [0.2, 0.25) is 0 Å². The third kappa shape index (κ3) is 7.70. The van der Waals surface area contributed by atoms with Gasteiger partial charge in [-0.05, 0) is 49.8 Å². The van der Waals surface area contributed by atoms with Crippen LogP contribution in [0.4, 0.5) is 0 Å². The summed E-state index contributed by atoms with van der Waals surface area (Å²) < 4.78 is 10.3. The third-order valence-corrected chi connectivity index (χ3v) is 6.21. The number of piperidine rings is 1. The molecule has 1 unspecified atom stereocenters. The first-order valence-electron chi connectivity index (χ1n) is 11.0. The predicted molar refractivity (Wildman–Crippen MR) is 126 cm³/mol. The van der Waals surface area contributed by atoms with E-state index in [9.17, 15) is 14.4 Å². The molecule has 3 amide bonds. The predicted octanol–water partition coefficient (Wildman–Crippen LogP) is 1.94. The van der Waals surface area contributed by atoms with E-state index in [1.165, 1.54) is 7.11 Å². The zero-order valence-electron chi connectivity index (χ0n) is 19.2. The smallest absolute Gasteiger partial charge is 0.255 e. The fourth-order valence-corrected chi connectivity index (χ4v) is 4.19. The van der Waals surface area contributed by atoms with Crippen LogP contribution < -0.4 is 15.4 Å². The third-order valence-electron chi connectivity index (χ3n) is 5.57. The lowest BCUT2D eigenvalue weighted by atomic mass is 9.95. The van der Waals surface area contributed by atoms with Crippen LogP contribution in [-0.4, -0.2) is 81.1 Å². The number of carbonyl (C=O) groups is 3. The van der Waals surface area contributed by atoms with Crippen LogP contribution in [0.25, 0.3) is 0 Å². The summed E-state index contributed by atoms with van der Waals surface area (Å²) >= 11 is 1.63. The van der Waals surface area contributed by atoms with Crippen molar-refractivity contribution >= 4 is 29.5 Å². The van der Waals surface area contributed by atoms with Gasteiger partial charge >= 0.3 is 0 Å². The lowest BCUT2D eigenvalue weighted by Gasteiger charge is -2.34. The molecule has 0 aliphatic carbocycles. The highest BCUT2D eigenvalue weighted by Crippen LogP contribution is 2.20. The average Bonchev–Trinajstić information content (AvgIpc) is 2.83. The van der Waals surface area contributed by atoms with Crippen molar-refractivity contribution in [1.82, 2.24) is 15.5 Å². The molecule has 1 atom stereocenters. The Balaban J connectivity index is 1.93. The van der Waals surface area contributed by atoms with Gasteiger partial charge in [0.2, 0.25) is 11.8 Å². The van der Waals surface area contributed by atoms with Gasteiger partial charge in [-0.15, -0.1) is 0 Å². The molecule has 2 N–H and O–H groups in total. The minimum atomic E-state index is -0.612. The maximum atomic E-state index is 13.2. The Hall–Kier alpha value is -2.26. The largest absolute Gasteiger partial charge is 0.496 e. The molecule has 1 fully saturated rings. The van der Waals surface area contributed by atoms with Crippen LogP contribution in [0.15, 0.2) is 24.3 Å². The van der Waals surface area contributed by atoms with E-state index in [4.69, 9.17) is 9.47 Å². The second-order valence-electron chi connectivity index (χ2n) is 7.74. The molecule has 1 saturated heterocycles. The number of para-hydroxylation sites is 1. The average molecular weight is 466 g/mol. The Labute approximate surface area is 194 Å². The molecule has 1 aromatic rings. The fourth-order valence-electron chi connectivity index (χ4n) is 3.72. The Morgan fingerprint density at radius 1 is 1.19 bits per heavy atom. The first-order chi connectivity index (χ1) is 15.5. The lowest BCUT2D eigenvalue weighted by Crippen LogP contribution is -2.52. The number of hydrogen-bond donors (Lipinski definition) is 2. The van der Waals surface area contributed by atoms with E-state index < -0.39 is 6.04 Å². The van der Waals surface area contributed by atoms with E-state index in [0.29, 0.717) is 56.8 Å². The summed E-state index contributed by atoms with van der Waals surface area (Å²) in [5, 5.41) is 5.84. The minimum Gasteiger partial charge on any atom is -0.496 e. The molecule has 0 spiro atoms. The van der Waals surface area contributed by atoms with E-state index in [2.05, 4.69) is 10.6 Å². The van der Waals surface area contributed by atoms with Gasteiger partial charge in [-0.25, -0.2) is 0 Å². The van der Waals surface area contributed by atoms with Crippen LogP contribution in [0.3, 0.4) is 0 Å². The van der Waals surface area contributed by atoms with E-state index in [1.54, 1.807) is 48.0 Å². The molecule has 178 valence electrons. The standard InChI is InChI=1S/C23H35N3O5S/c1-30-15-6-12-24-21(27)17-9-13-26(14-10-17)23(29)19(11-16-32-3)25-22(28)18-7-4-5-8-20(18)31-2/h4-5,7-8,17,19H,6,9-16H2,1-3H3,(H,24,27)(H,25,28). The summed E-state index contributed by atoms with van der Waals surface area (Å²) in [4.78, 5) is 40.2. The molecule has 1 aromatic carbocycles. The minimum absolute atomic E-state index is 0.0385. The van der Waals surface area contributed by atoms with Gasteiger partial charge < -0.3 is 25.0 Å². The summed E-state index contributed by atoms with van der Waals surface area (Å²) in [6.45, 7) is 2.23. The zero-order chi connectivity index (χ0) is 23.3. The molecule has 1 aliphatic rings. The van der Waals surface area contributed by atoms with Crippen LogP contribution in [0.5, 0.6) is 5.75 Å². The van der Waals surface area contributed by atoms with Crippen molar-refractivity contribution in [2.24, 2.45) is 5.92 Å². The topological polar surface area (TPSA) is 97.0 Å². The van der Waals surface area contributed by atoms with Crippen molar-refractivity contribution in [1.29, 1.82) is 0 Å². The molecule has 8 nitrogen and oxygen atoms in total. The van der Waals surface area contributed by atoms with Gasteiger partial charge in [0.15, 0.2) is 0 Å². The van der Waals surface area contributed by atoms with Crippen molar-refractivity contribution in [3.63, 3.8) is 0 Å². The van der Waals surface area contributed by atoms with Crippen molar-refractivity contribution in [2.75, 3.05) is 52.5 Å². The molecule has 0 saturated carbocycles. The monoisotopic (exact) mass is 465 g/mol. The van der Waals surface area contributed by atoms with Gasteiger partial charge in [0, 0.05) is 39.3 Å². The number of likely N-dealkylation sites (tertiary alicyclic amines) is 1. The van der Waals surface area contributed by atoms with Crippen molar-refractivity contribution in [2.45, 2.75) is 31.7 Å². The maximum Gasteiger partial charge on any atom is 0.255 e. The second-order valence-corrected chi connectivity index (χ2v) is 8.73. The first-order valence-corrected chi connectivity index (χ1v) is 12.4. The lowest BCUT2D eigenvalue weighted by molar-refractivity contribution is -0.137. The number of nitrogens with one attached hydrogen (secondary N) is 2. The summed E-state index contributed by atoms with van der Waals surface area (Å²) in [6.07, 6.45) is 4.54. The van der Waals surface area contributed by atoms with Gasteiger partial charge in [-0.1, -0.05) is 12.1 Å². The highest BCUT2D eigenvalue weighted by atomic mass is 32.2. The summed E-state index contributed by atoms with van der Waals surface area (Å²) in [5.74, 6) is 0.751. The summed E-state index contributed by atoms with van der Waals surface area (Å²) in [5.41, 5.74) is 0.404. The van der Waals surface area contributed by atoms with E-state index >= 15 is 0 Å². The maximum absolute atomic E-state index is 13.2. The Morgan fingerprint density at radius 2 is 1.91 bits per heavy atom. The molecular weight excluding hydrogens is 430 g/mol. The number of hydrogen-bond acceptors (Lipinski definition) is 6. The van der Waals surface area contributed by atoms with Crippen LogP contribution in [-0.2, 0) is 14.3 Å². The number of nitrogens with zero attached hydrogens (tertiary/aromatic N) is 1. The van der Waals surface area contributed by atoms with E-state index in [-0.39, 0.29) is 23.6 Å². The molecule has 0 aromatic heterocycles. The van der Waals surface area contributed by atoms with Crippen LogP contribution in [0.1, 0.15) is 36.0 Å². The number of amides is 3. The molecule has 9 heteroatoms. The van der Waals surface area contributed by atoms with Crippen molar-refractivity contribution < 1.29 is 23.9 Å². The van der Waals surface area contributed by atoms with E-state index in [1.807, 2.05) is 6.26 Å². The molecule has 0 radical (unpaired) electrons. The number of benzene rings is 1. The molecule has 2 rings (SSSR count). The van der Waals surface area contributed by atoms with Crippen molar-refractivity contribution in [3.8, 4) is 5.75 Å². The Morgan fingerprint density at radius 3 is 2.56 bits per heavy atom. The summed E-state index contributed by atoms with van der Waals surface area (Å²) in [7, 11) is 3.15. The zero-order valence-corrected chi connectivity index (χ0v) is 20.0. The quantitative estimate of drug-likeness (QED) is 0.458. The molecule has 32 heavy (non-hydrogen) atoms. The summed E-state index contributed by atoms with van der Waals surface area (Å²) in [6, 6.07) is 6.35. The van der Waals surface area contributed by atoms with Crippen LogP contribution >= 0.6 is 11.8 Å². The number of thioether (sulfide) groups is 1. The van der Waals surface area contributed by atoms with Gasteiger partial charge in [0.1, 0.15) is 11.8 Å². The number of carbonyl (C=O) groups excluding carboxylic acids is 3. The van der Waals surface area contributed by atoms with Gasteiger partial charge in [0.25, 0.3) is 5.91 Å². The van der Waals surface area contributed by atoms with Gasteiger partial charge in [0.05, 0.1) is 12.7 Å². The molecular formula is C23H35N3O5S. The number of ether oxygens (including phenoxy) is 2. The Bertz CT molecular complexity index is 753. The second kappa shape index (κ2) is 14.0. The number of methoxy groups -OCH3 is 2. The normalized spacial score (nSPS) is 15.2.